The number of thioether (sulfide) groups is 1. The molecule has 1 heterocycles. The monoisotopic (exact) mass is 432 g/mol. The van der Waals surface area contributed by atoms with Crippen molar-refractivity contribution in [2.24, 2.45) is 5.92 Å². The van der Waals surface area contributed by atoms with Crippen molar-refractivity contribution in [2.75, 3.05) is 22.1 Å². The van der Waals surface area contributed by atoms with Gasteiger partial charge in [0.1, 0.15) is 0 Å². The first-order valence-electron chi connectivity index (χ1n) is 9.33. The largest absolute Gasteiger partial charge is 0.326 e. The maximum atomic E-state index is 12.7. The predicted octanol–water partition coefficient (Wildman–Crippen LogP) is 3.79. The molecule has 2 N–H and O–H groups in total. The fraction of sp³-hybridized carbons (Fsp3) is 0.333. The van der Waals surface area contributed by atoms with Gasteiger partial charge in [-0.3, -0.25) is 9.59 Å². The van der Waals surface area contributed by atoms with E-state index in [9.17, 15) is 18.0 Å². The van der Waals surface area contributed by atoms with Crippen LogP contribution in [0.4, 0.5) is 11.4 Å². The lowest BCUT2D eigenvalue weighted by Crippen LogP contribution is -2.20. The van der Waals surface area contributed by atoms with Gasteiger partial charge in [-0.15, -0.1) is 11.8 Å². The maximum Gasteiger partial charge on any atom is 0.228 e. The Balaban J connectivity index is 1.69. The summed E-state index contributed by atoms with van der Waals surface area (Å²) in [5, 5.41) is 5.56. The fourth-order valence-corrected chi connectivity index (χ4v) is 5.26. The summed E-state index contributed by atoms with van der Waals surface area (Å²) in [5.74, 6) is -0.295. The number of hydrogen-bond acceptors (Lipinski definition) is 5. The van der Waals surface area contributed by atoms with Gasteiger partial charge in [0.2, 0.25) is 11.8 Å². The first kappa shape index (κ1) is 21.4. The third-order valence-electron chi connectivity index (χ3n) is 4.76. The van der Waals surface area contributed by atoms with E-state index >= 15 is 0 Å². The van der Waals surface area contributed by atoms with Crippen LogP contribution in [0.2, 0.25) is 0 Å². The van der Waals surface area contributed by atoms with E-state index in [2.05, 4.69) is 10.6 Å². The molecule has 8 heteroatoms. The lowest BCUT2D eigenvalue weighted by atomic mass is 10.1. The molecular weight excluding hydrogens is 408 g/mol. The van der Waals surface area contributed by atoms with Gasteiger partial charge in [0.05, 0.1) is 16.3 Å². The Morgan fingerprint density at radius 1 is 1.21 bits per heavy atom. The zero-order chi connectivity index (χ0) is 21.2. The molecular formula is C21H24N2O4S2. The minimum Gasteiger partial charge on any atom is -0.326 e. The molecule has 2 amide bonds. The number of amides is 2. The second-order valence-electron chi connectivity index (χ2n) is 7.29. The molecule has 29 heavy (non-hydrogen) atoms. The van der Waals surface area contributed by atoms with E-state index in [0.29, 0.717) is 17.1 Å². The van der Waals surface area contributed by atoms with Crippen molar-refractivity contribution in [3.63, 3.8) is 0 Å². The van der Waals surface area contributed by atoms with E-state index in [-0.39, 0.29) is 34.8 Å². The minimum atomic E-state index is -3.66. The summed E-state index contributed by atoms with van der Waals surface area (Å²) in [5.41, 5.74) is 3.20. The number of anilines is 2. The van der Waals surface area contributed by atoms with Crippen molar-refractivity contribution >= 4 is 44.8 Å². The SMILES string of the molecule is Cc1ccc(NC(=O)CCS(=O)(=O)c2ccc3c(c2)NC(=O)[C@@H](C)CS3)c(C)c1. The van der Waals surface area contributed by atoms with Crippen LogP contribution in [0.5, 0.6) is 0 Å². The lowest BCUT2D eigenvalue weighted by molar-refractivity contribution is -0.118. The Morgan fingerprint density at radius 3 is 2.69 bits per heavy atom. The summed E-state index contributed by atoms with van der Waals surface area (Å²) in [6.07, 6.45) is -0.148. The Morgan fingerprint density at radius 2 is 1.97 bits per heavy atom. The molecule has 0 saturated heterocycles. The summed E-state index contributed by atoms with van der Waals surface area (Å²) in [7, 11) is -3.66. The molecule has 6 nitrogen and oxygen atoms in total. The van der Waals surface area contributed by atoms with Crippen LogP contribution in [0.25, 0.3) is 0 Å². The van der Waals surface area contributed by atoms with Gasteiger partial charge in [-0.1, -0.05) is 24.6 Å². The normalized spacial score (nSPS) is 16.5. The Labute approximate surface area is 175 Å². The lowest BCUT2D eigenvalue weighted by Gasteiger charge is -2.11. The predicted molar refractivity (Wildman–Crippen MR) is 116 cm³/mol. The van der Waals surface area contributed by atoms with E-state index in [0.717, 1.165) is 16.0 Å². The van der Waals surface area contributed by atoms with Crippen LogP contribution in [0, 0.1) is 19.8 Å². The standard InChI is InChI=1S/C21H24N2O4S2/c1-13-4-6-17(14(2)10-13)22-20(24)8-9-29(26,27)16-5-7-19-18(11-16)23-21(25)15(3)12-28-19/h4-7,10-11,15H,8-9,12H2,1-3H3,(H,22,24)(H,23,25)/t15-/m0/s1. The zero-order valence-electron chi connectivity index (χ0n) is 16.6. The van der Waals surface area contributed by atoms with Gasteiger partial charge in [-0.2, -0.15) is 0 Å². The summed E-state index contributed by atoms with van der Waals surface area (Å²) >= 11 is 1.52. The van der Waals surface area contributed by atoms with Crippen LogP contribution in [-0.4, -0.2) is 31.7 Å². The van der Waals surface area contributed by atoms with Crippen LogP contribution >= 0.6 is 11.8 Å². The first-order valence-corrected chi connectivity index (χ1v) is 12.0. The molecule has 0 spiro atoms. The van der Waals surface area contributed by atoms with Crippen molar-refractivity contribution in [3.8, 4) is 0 Å². The van der Waals surface area contributed by atoms with Crippen molar-refractivity contribution in [2.45, 2.75) is 37.0 Å². The number of rotatable bonds is 5. The number of benzene rings is 2. The number of carbonyl (C=O) groups is 2. The third-order valence-corrected chi connectivity index (χ3v) is 7.81. The van der Waals surface area contributed by atoms with E-state index in [4.69, 9.17) is 0 Å². The van der Waals surface area contributed by atoms with E-state index < -0.39 is 9.84 Å². The molecule has 1 aliphatic rings. The second-order valence-corrected chi connectivity index (χ2v) is 10.5. The highest BCUT2D eigenvalue weighted by atomic mass is 32.2. The average Bonchev–Trinajstić information content (AvgIpc) is 2.80. The van der Waals surface area contributed by atoms with Gasteiger partial charge in [0.25, 0.3) is 0 Å². The van der Waals surface area contributed by atoms with Gasteiger partial charge in [0.15, 0.2) is 9.84 Å². The number of nitrogens with one attached hydrogen (secondary N) is 2. The summed E-state index contributed by atoms with van der Waals surface area (Å²) in [6.45, 7) is 5.69. The fourth-order valence-electron chi connectivity index (χ4n) is 2.98. The Bertz CT molecular complexity index is 1060. The summed E-state index contributed by atoms with van der Waals surface area (Å²) < 4.78 is 25.4. The smallest absolute Gasteiger partial charge is 0.228 e. The van der Waals surface area contributed by atoms with E-state index in [1.165, 1.54) is 23.9 Å². The summed E-state index contributed by atoms with van der Waals surface area (Å²) in [4.78, 5) is 25.2. The molecule has 1 aliphatic heterocycles. The van der Waals surface area contributed by atoms with Gasteiger partial charge < -0.3 is 10.6 Å². The highest BCUT2D eigenvalue weighted by Gasteiger charge is 2.23. The van der Waals surface area contributed by atoms with E-state index in [1.54, 1.807) is 6.07 Å². The molecule has 0 radical (unpaired) electrons. The minimum absolute atomic E-state index is 0.103. The highest BCUT2D eigenvalue weighted by molar-refractivity contribution is 7.99. The van der Waals surface area contributed by atoms with Gasteiger partial charge >= 0.3 is 0 Å². The third kappa shape index (κ3) is 5.19. The molecule has 0 unspecified atom stereocenters. The molecule has 0 aromatic heterocycles. The Kier molecular flexibility index (Phi) is 6.33. The van der Waals surface area contributed by atoms with Gasteiger partial charge in [0, 0.05) is 28.7 Å². The van der Waals surface area contributed by atoms with Crippen molar-refractivity contribution in [1.29, 1.82) is 0 Å². The zero-order valence-corrected chi connectivity index (χ0v) is 18.2. The van der Waals surface area contributed by atoms with Gasteiger partial charge in [-0.25, -0.2) is 8.42 Å². The van der Waals surface area contributed by atoms with Crippen molar-refractivity contribution in [3.05, 3.63) is 47.5 Å². The molecule has 1 atom stereocenters. The number of carbonyl (C=O) groups excluding carboxylic acids is 2. The van der Waals surface area contributed by atoms with Crippen LogP contribution in [-0.2, 0) is 19.4 Å². The number of sulfone groups is 1. The van der Waals surface area contributed by atoms with Crippen LogP contribution in [0.1, 0.15) is 24.5 Å². The van der Waals surface area contributed by atoms with Crippen LogP contribution in [0.3, 0.4) is 0 Å². The molecule has 3 rings (SSSR count). The topological polar surface area (TPSA) is 92.3 Å². The quantitative estimate of drug-likeness (QED) is 0.750. The van der Waals surface area contributed by atoms with Crippen molar-refractivity contribution < 1.29 is 18.0 Å². The second kappa shape index (κ2) is 8.59. The average molecular weight is 433 g/mol. The number of aryl methyl sites for hydroxylation is 2. The number of fused-ring (bicyclic) bond motifs is 1. The molecule has 2 aromatic carbocycles. The first-order chi connectivity index (χ1) is 13.7. The molecule has 2 aromatic rings. The van der Waals surface area contributed by atoms with Crippen LogP contribution < -0.4 is 10.6 Å². The van der Waals surface area contributed by atoms with Crippen molar-refractivity contribution in [1.82, 2.24) is 0 Å². The summed E-state index contributed by atoms with van der Waals surface area (Å²) in [6, 6.07) is 10.4. The van der Waals surface area contributed by atoms with Gasteiger partial charge in [-0.05, 0) is 43.7 Å². The molecule has 0 bridgehead atoms. The highest BCUT2D eigenvalue weighted by Crippen LogP contribution is 2.34. The molecule has 0 saturated carbocycles. The number of hydrogen-bond donors (Lipinski definition) is 2. The van der Waals surface area contributed by atoms with Crippen LogP contribution in [0.15, 0.2) is 46.2 Å². The molecule has 0 fully saturated rings. The van der Waals surface area contributed by atoms with E-state index in [1.807, 2.05) is 39.0 Å². The molecule has 0 aliphatic carbocycles. The molecule has 154 valence electrons. The Hall–Kier alpha value is -2.32. The maximum absolute atomic E-state index is 12.7.